The fourth-order valence-corrected chi connectivity index (χ4v) is 0.662. The van der Waals surface area contributed by atoms with E-state index in [1.807, 2.05) is 0 Å². The van der Waals surface area contributed by atoms with Crippen LogP contribution in [-0.2, 0) is 11.8 Å². The summed E-state index contributed by atoms with van der Waals surface area (Å²) >= 11 is 0. The van der Waals surface area contributed by atoms with Gasteiger partial charge < -0.3 is 10.3 Å². The average Bonchev–Trinajstić information content (AvgIpc) is 2.37. The van der Waals surface area contributed by atoms with Crippen LogP contribution >= 0.6 is 0 Å². The third-order valence-electron chi connectivity index (χ3n) is 1.26. The van der Waals surface area contributed by atoms with Gasteiger partial charge in [-0.3, -0.25) is 10.1 Å². The normalized spacial score (nSPS) is 9.64. The zero-order valence-electron chi connectivity index (χ0n) is 6.24. The summed E-state index contributed by atoms with van der Waals surface area (Å²) in [7, 11) is 1.79. The van der Waals surface area contributed by atoms with Crippen LogP contribution in [0.5, 0.6) is 0 Å². The summed E-state index contributed by atoms with van der Waals surface area (Å²) < 4.78 is 1.70. The van der Waals surface area contributed by atoms with Crippen LogP contribution in [0.3, 0.4) is 0 Å². The van der Waals surface area contributed by atoms with Gasteiger partial charge in [0.15, 0.2) is 0 Å². The zero-order chi connectivity index (χ0) is 8.27. The highest BCUT2D eigenvalue weighted by molar-refractivity contribution is 5.90. The molecule has 11 heavy (non-hydrogen) atoms. The van der Waals surface area contributed by atoms with Crippen molar-refractivity contribution in [1.82, 2.24) is 9.55 Å². The van der Waals surface area contributed by atoms with Gasteiger partial charge in [-0.2, -0.15) is 0 Å². The Balaban J connectivity index is 2.64. The third kappa shape index (κ3) is 1.78. The predicted molar refractivity (Wildman–Crippen MR) is 40.9 cm³/mol. The number of aromatic nitrogens is 2. The van der Waals surface area contributed by atoms with Crippen molar-refractivity contribution in [2.45, 2.75) is 0 Å². The van der Waals surface area contributed by atoms with E-state index in [1.54, 1.807) is 24.0 Å². The van der Waals surface area contributed by atoms with Gasteiger partial charge in [0.05, 0.1) is 6.54 Å². The van der Waals surface area contributed by atoms with Crippen LogP contribution in [0.15, 0.2) is 12.4 Å². The molecule has 3 N–H and O–H groups in total. The van der Waals surface area contributed by atoms with E-state index in [0.717, 1.165) is 0 Å². The lowest BCUT2D eigenvalue weighted by Crippen LogP contribution is -2.23. The van der Waals surface area contributed by atoms with Crippen LogP contribution in [0.1, 0.15) is 0 Å². The quantitative estimate of drug-likeness (QED) is 0.592. The first-order valence-corrected chi connectivity index (χ1v) is 3.21. The largest absolute Gasteiger partial charge is 0.322 e. The molecule has 5 nitrogen and oxygen atoms in total. The monoisotopic (exact) mass is 154 g/mol. The first-order valence-electron chi connectivity index (χ1n) is 3.21. The number of amides is 1. The number of hydrogen-bond acceptors (Lipinski definition) is 3. The molecule has 1 amide bonds. The highest BCUT2D eigenvalue weighted by Crippen LogP contribution is 1.98. The van der Waals surface area contributed by atoms with Gasteiger partial charge >= 0.3 is 0 Å². The molecule has 0 radical (unpaired) electrons. The van der Waals surface area contributed by atoms with Crippen LogP contribution in [0, 0.1) is 0 Å². The van der Waals surface area contributed by atoms with E-state index in [0.29, 0.717) is 5.95 Å². The second-order valence-electron chi connectivity index (χ2n) is 2.11. The number of carbonyl (C=O) groups excluding carboxylic acids is 1. The van der Waals surface area contributed by atoms with Gasteiger partial charge in [0.2, 0.25) is 11.9 Å². The van der Waals surface area contributed by atoms with Crippen molar-refractivity contribution in [3.8, 4) is 0 Å². The van der Waals surface area contributed by atoms with Crippen LogP contribution in [-0.4, -0.2) is 22.0 Å². The van der Waals surface area contributed by atoms with Gasteiger partial charge in [0.25, 0.3) is 0 Å². The van der Waals surface area contributed by atoms with Crippen molar-refractivity contribution in [2.75, 3.05) is 11.9 Å². The van der Waals surface area contributed by atoms with Crippen LogP contribution in [0.25, 0.3) is 0 Å². The number of rotatable bonds is 2. The maximum atomic E-state index is 10.7. The van der Waals surface area contributed by atoms with Crippen molar-refractivity contribution in [1.29, 1.82) is 0 Å². The van der Waals surface area contributed by atoms with Crippen LogP contribution in [0.4, 0.5) is 5.95 Å². The van der Waals surface area contributed by atoms with Crippen molar-refractivity contribution in [3.63, 3.8) is 0 Å². The van der Waals surface area contributed by atoms with Gasteiger partial charge in [-0.15, -0.1) is 0 Å². The second kappa shape index (κ2) is 3.16. The van der Waals surface area contributed by atoms with Gasteiger partial charge in [-0.05, 0) is 0 Å². The number of carbonyl (C=O) groups is 1. The molecule has 0 atom stereocenters. The standard InChI is InChI=1S/C6H10N4O/c1-10-3-2-8-6(10)9-5(11)4-7/h2-3H,4,7H2,1H3,(H,8,9,11). The van der Waals surface area contributed by atoms with Crippen molar-refractivity contribution >= 4 is 11.9 Å². The van der Waals surface area contributed by atoms with E-state index in [-0.39, 0.29) is 12.5 Å². The van der Waals surface area contributed by atoms with Crippen molar-refractivity contribution in [3.05, 3.63) is 12.4 Å². The molecule has 0 saturated carbocycles. The molecule has 1 heterocycles. The SMILES string of the molecule is Cn1ccnc1NC(=O)CN. The number of nitrogens with one attached hydrogen (secondary N) is 1. The Morgan fingerprint density at radius 3 is 3.09 bits per heavy atom. The molecule has 0 bridgehead atoms. The molecular weight excluding hydrogens is 144 g/mol. The number of nitrogens with two attached hydrogens (primary N) is 1. The van der Waals surface area contributed by atoms with Crippen LogP contribution < -0.4 is 11.1 Å². The van der Waals surface area contributed by atoms with E-state index in [2.05, 4.69) is 10.3 Å². The third-order valence-corrected chi connectivity index (χ3v) is 1.26. The lowest BCUT2D eigenvalue weighted by atomic mass is 10.6. The summed E-state index contributed by atoms with van der Waals surface area (Å²) in [6.45, 7) is -0.0210. The summed E-state index contributed by atoms with van der Waals surface area (Å²) in [5.74, 6) is 0.278. The Hall–Kier alpha value is -1.36. The number of aryl methyl sites for hydroxylation is 1. The minimum atomic E-state index is -0.237. The number of anilines is 1. The summed E-state index contributed by atoms with van der Waals surface area (Å²) in [5.41, 5.74) is 5.09. The maximum absolute atomic E-state index is 10.7. The second-order valence-corrected chi connectivity index (χ2v) is 2.11. The van der Waals surface area contributed by atoms with Gasteiger partial charge in [-0.25, -0.2) is 4.98 Å². The minimum absolute atomic E-state index is 0.0210. The molecule has 0 aliphatic rings. The Morgan fingerprint density at radius 2 is 2.64 bits per heavy atom. The van der Waals surface area contributed by atoms with E-state index in [9.17, 15) is 4.79 Å². The van der Waals surface area contributed by atoms with Crippen molar-refractivity contribution in [2.24, 2.45) is 12.8 Å². The van der Waals surface area contributed by atoms with Crippen LogP contribution in [0.2, 0.25) is 0 Å². The first-order chi connectivity index (χ1) is 5.24. The Morgan fingerprint density at radius 1 is 1.91 bits per heavy atom. The fourth-order valence-electron chi connectivity index (χ4n) is 0.662. The Bertz CT molecular complexity index is 255. The van der Waals surface area contributed by atoms with Gasteiger partial charge in [0, 0.05) is 19.4 Å². The minimum Gasteiger partial charge on any atom is -0.322 e. The summed E-state index contributed by atoms with van der Waals surface area (Å²) in [5, 5.41) is 2.53. The lowest BCUT2D eigenvalue weighted by Gasteiger charge is -2.01. The molecule has 0 aliphatic heterocycles. The predicted octanol–water partition coefficient (Wildman–Crippen LogP) is -0.683. The number of imidazole rings is 1. The summed E-state index contributed by atoms with van der Waals surface area (Å²) in [4.78, 5) is 14.6. The molecule has 1 aromatic rings. The molecular formula is C6H10N4O. The van der Waals surface area contributed by atoms with E-state index >= 15 is 0 Å². The summed E-state index contributed by atoms with van der Waals surface area (Å²) in [6.07, 6.45) is 3.35. The molecule has 0 saturated heterocycles. The number of hydrogen-bond donors (Lipinski definition) is 2. The highest BCUT2D eigenvalue weighted by Gasteiger charge is 2.01. The Kier molecular flexibility index (Phi) is 2.22. The van der Waals surface area contributed by atoms with Gasteiger partial charge in [-0.1, -0.05) is 0 Å². The smallest absolute Gasteiger partial charge is 0.240 e. The summed E-state index contributed by atoms with van der Waals surface area (Å²) in [6, 6.07) is 0. The molecule has 60 valence electrons. The molecule has 0 unspecified atom stereocenters. The molecule has 0 aliphatic carbocycles. The fraction of sp³-hybridized carbons (Fsp3) is 0.333. The van der Waals surface area contributed by atoms with E-state index in [4.69, 9.17) is 5.73 Å². The number of nitrogens with zero attached hydrogens (tertiary/aromatic N) is 2. The average molecular weight is 154 g/mol. The van der Waals surface area contributed by atoms with E-state index in [1.165, 1.54) is 0 Å². The molecule has 0 aromatic carbocycles. The van der Waals surface area contributed by atoms with Gasteiger partial charge in [0.1, 0.15) is 0 Å². The zero-order valence-corrected chi connectivity index (χ0v) is 6.24. The molecule has 5 heteroatoms. The topological polar surface area (TPSA) is 72.9 Å². The maximum Gasteiger partial charge on any atom is 0.240 e. The molecule has 0 spiro atoms. The first kappa shape index (κ1) is 7.74. The molecule has 1 rings (SSSR count). The molecule has 1 aromatic heterocycles. The van der Waals surface area contributed by atoms with Crippen molar-refractivity contribution < 1.29 is 4.79 Å². The molecule has 0 fully saturated rings. The highest BCUT2D eigenvalue weighted by atomic mass is 16.1. The van der Waals surface area contributed by atoms with E-state index < -0.39 is 0 Å². The lowest BCUT2D eigenvalue weighted by molar-refractivity contribution is -0.115. The Labute approximate surface area is 64.2 Å².